The highest BCUT2D eigenvalue weighted by molar-refractivity contribution is 7.99. The largest absolute Gasteiger partial charge is 0.467 e. The molecule has 1 saturated heterocycles. The van der Waals surface area contributed by atoms with Crippen molar-refractivity contribution < 1.29 is 13.9 Å². The third-order valence-electron chi connectivity index (χ3n) is 4.57. The molecule has 0 bridgehead atoms. The monoisotopic (exact) mass is 413 g/mol. The normalized spacial score (nSPS) is 14.8. The summed E-state index contributed by atoms with van der Waals surface area (Å²) in [6.07, 6.45) is 3.27. The van der Waals surface area contributed by atoms with Gasteiger partial charge in [-0.3, -0.25) is 9.69 Å². The number of morpholine rings is 1. The molecule has 1 N–H and O–H groups in total. The zero-order valence-corrected chi connectivity index (χ0v) is 16.8. The number of anilines is 1. The predicted molar refractivity (Wildman–Crippen MR) is 110 cm³/mol. The summed E-state index contributed by atoms with van der Waals surface area (Å²) < 4.78 is 12.6. The van der Waals surface area contributed by atoms with Crippen LogP contribution in [0.1, 0.15) is 11.3 Å². The number of nitrogens with one attached hydrogen (secondary N) is 1. The maximum Gasteiger partial charge on any atom is 0.234 e. The van der Waals surface area contributed by atoms with Crippen LogP contribution in [0.3, 0.4) is 0 Å². The smallest absolute Gasteiger partial charge is 0.234 e. The van der Waals surface area contributed by atoms with Crippen molar-refractivity contribution in [2.45, 2.75) is 18.2 Å². The van der Waals surface area contributed by atoms with Crippen LogP contribution in [0, 0.1) is 0 Å². The Labute approximate surface area is 173 Å². The van der Waals surface area contributed by atoms with E-state index in [-0.39, 0.29) is 11.7 Å². The van der Waals surface area contributed by atoms with Gasteiger partial charge < -0.3 is 19.0 Å². The quantitative estimate of drug-likeness (QED) is 0.568. The third kappa shape index (κ3) is 5.69. The van der Waals surface area contributed by atoms with Crippen LogP contribution in [-0.2, 0) is 22.6 Å². The van der Waals surface area contributed by atoms with Gasteiger partial charge in [-0.2, -0.15) is 0 Å². The van der Waals surface area contributed by atoms with E-state index in [2.05, 4.69) is 32.5 Å². The molecule has 4 rings (SSSR count). The van der Waals surface area contributed by atoms with Gasteiger partial charge >= 0.3 is 0 Å². The van der Waals surface area contributed by atoms with E-state index in [1.807, 2.05) is 28.8 Å². The first-order valence-electron chi connectivity index (χ1n) is 9.48. The van der Waals surface area contributed by atoms with E-state index in [0.717, 1.165) is 44.3 Å². The van der Waals surface area contributed by atoms with Crippen molar-refractivity contribution in [2.24, 2.45) is 0 Å². The Morgan fingerprint density at radius 1 is 1.14 bits per heavy atom. The van der Waals surface area contributed by atoms with Crippen LogP contribution in [0.4, 0.5) is 5.69 Å². The second-order valence-corrected chi connectivity index (χ2v) is 7.69. The molecule has 8 nitrogen and oxygen atoms in total. The lowest BCUT2D eigenvalue weighted by molar-refractivity contribution is -0.113. The Balaban J connectivity index is 1.25. The molecule has 1 amide bonds. The van der Waals surface area contributed by atoms with Gasteiger partial charge in [0.2, 0.25) is 5.91 Å². The Morgan fingerprint density at radius 3 is 2.72 bits per heavy atom. The average Bonchev–Trinajstić information content (AvgIpc) is 3.41. The molecule has 0 atom stereocenters. The molecule has 0 aliphatic carbocycles. The first kappa shape index (κ1) is 19.7. The van der Waals surface area contributed by atoms with E-state index < -0.39 is 0 Å². The molecule has 3 aromatic rings. The first-order valence-corrected chi connectivity index (χ1v) is 10.5. The van der Waals surface area contributed by atoms with E-state index in [1.54, 1.807) is 12.6 Å². The van der Waals surface area contributed by atoms with Crippen LogP contribution in [0.2, 0.25) is 0 Å². The van der Waals surface area contributed by atoms with Gasteiger partial charge in [-0.25, -0.2) is 0 Å². The first-order chi connectivity index (χ1) is 14.3. The van der Waals surface area contributed by atoms with E-state index in [1.165, 1.54) is 17.3 Å². The van der Waals surface area contributed by atoms with Gasteiger partial charge in [0.05, 0.1) is 31.8 Å². The molecule has 9 heteroatoms. The number of hydrogen-bond acceptors (Lipinski definition) is 7. The minimum absolute atomic E-state index is 0.0801. The van der Waals surface area contributed by atoms with Crippen molar-refractivity contribution in [3.05, 3.63) is 60.3 Å². The van der Waals surface area contributed by atoms with Crippen LogP contribution < -0.4 is 5.32 Å². The third-order valence-corrected chi connectivity index (χ3v) is 5.55. The van der Waals surface area contributed by atoms with Gasteiger partial charge in [-0.05, 0) is 29.8 Å². The molecule has 1 aliphatic heterocycles. The van der Waals surface area contributed by atoms with Gasteiger partial charge in [0.25, 0.3) is 0 Å². The molecule has 0 saturated carbocycles. The van der Waals surface area contributed by atoms with E-state index >= 15 is 0 Å². The molecular formula is C20H23N5O3S. The lowest BCUT2D eigenvalue weighted by Gasteiger charge is -2.26. The number of ether oxygens (including phenoxy) is 1. The maximum atomic E-state index is 12.3. The van der Waals surface area contributed by atoms with Crippen LogP contribution in [0.25, 0.3) is 0 Å². The van der Waals surface area contributed by atoms with Crippen LogP contribution in [-0.4, -0.2) is 57.6 Å². The fourth-order valence-electron chi connectivity index (χ4n) is 3.07. The molecule has 2 aromatic heterocycles. The van der Waals surface area contributed by atoms with Crippen molar-refractivity contribution >= 4 is 23.4 Å². The molecule has 1 fully saturated rings. The number of carbonyl (C=O) groups is 1. The molecule has 3 heterocycles. The minimum atomic E-state index is -0.0801. The fourth-order valence-corrected chi connectivity index (χ4v) is 3.79. The lowest BCUT2D eigenvalue weighted by Crippen LogP contribution is -2.35. The summed E-state index contributed by atoms with van der Waals surface area (Å²) in [6.45, 7) is 4.94. The molecule has 29 heavy (non-hydrogen) atoms. The summed E-state index contributed by atoms with van der Waals surface area (Å²) in [5.41, 5.74) is 2.02. The molecule has 0 unspecified atom stereocenters. The van der Waals surface area contributed by atoms with Crippen LogP contribution in [0.5, 0.6) is 0 Å². The molecule has 0 spiro atoms. The topological polar surface area (TPSA) is 85.4 Å². The highest BCUT2D eigenvalue weighted by Gasteiger charge is 2.12. The Bertz CT molecular complexity index is 905. The fraction of sp³-hybridized carbons (Fsp3) is 0.350. The number of thioether (sulfide) groups is 1. The number of benzene rings is 1. The SMILES string of the molecule is O=C(CSc1nncn1Cc1ccco1)Nc1ccc(CN2CCOCC2)cc1. The number of carbonyl (C=O) groups excluding carboxylic acids is 1. The van der Waals surface area contributed by atoms with Crippen molar-refractivity contribution in [2.75, 3.05) is 37.4 Å². The number of furan rings is 1. The Morgan fingerprint density at radius 2 is 1.97 bits per heavy atom. The highest BCUT2D eigenvalue weighted by Crippen LogP contribution is 2.18. The Hall–Kier alpha value is -2.62. The number of hydrogen-bond donors (Lipinski definition) is 1. The van der Waals surface area contributed by atoms with Gasteiger partial charge in [-0.1, -0.05) is 23.9 Å². The minimum Gasteiger partial charge on any atom is -0.467 e. The van der Waals surface area contributed by atoms with Gasteiger partial charge in [0.15, 0.2) is 5.16 Å². The van der Waals surface area contributed by atoms with Gasteiger partial charge in [0, 0.05) is 25.3 Å². The lowest BCUT2D eigenvalue weighted by atomic mass is 10.2. The van der Waals surface area contributed by atoms with Gasteiger partial charge in [-0.15, -0.1) is 10.2 Å². The summed E-state index contributed by atoms with van der Waals surface area (Å²) in [7, 11) is 0. The van der Waals surface area contributed by atoms with E-state index in [9.17, 15) is 4.79 Å². The summed E-state index contributed by atoms with van der Waals surface area (Å²) in [4.78, 5) is 14.7. The number of rotatable bonds is 8. The van der Waals surface area contributed by atoms with Crippen LogP contribution in [0.15, 0.2) is 58.6 Å². The summed E-state index contributed by atoms with van der Waals surface area (Å²) in [6, 6.07) is 11.7. The zero-order chi connectivity index (χ0) is 19.9. The number of amides is 1. The predicted octanol–water partition coefficient (Wildman–Crippen LogP) is 2.48. The summed E-state index contributed by atoms with van der Waals surface area (Å²) >= 11 is 1.35. The number of nitrogens with zero attached hydrogens (tertiary/aromatic N) is 4. The highest BCUT2D eigenvalue weighted by atomic mass is 32.2. The second kappa shape index (κ2) is 9.73. The molecule has 1 aromatic carbocycles. The van der Waals surface area contributed by atoms with Crippen molar-refractivity contribution in [3.8, 4) is 0 Å². The molecule has 152 valence electrons. The van der Waals surface area contributed by atoms with Crippen molar-refractivity contribution in [3.63, 3.8) is 0 Å². The molecule has 0 radical (unpaired) electrons. The van der Waals surface area contributed by atoms with Gasteiger partial charge in [0.1, 0.15) is 12.1 Å². The van der Waals surface area contributed by atoms with Crippen LogP contribution >= 0.6 is 11.8 Å². The maximum absolute atomic E-state index is 12.3. The van der Waals surface area contributed by atoms with E-state index in [4.69, 9.17) is 9.15 Å². The second-order valence-electron chi connectivity index (χ2n) is 6.74. The molecular weight excluding hydrogens is 390 g/mol. The standard InChI is InChI=1S/C20H23N5O3S/c26-19(14-29-20-23-21-15-25(20)13-18-2-1-9-28-18)22-17-5-3-16(4-6-17)12-24-7-10-27-11-8-24/h1-6,9,15H,7-8,10-14H2,(H,22,26). The van der Waals surface area contributed by atoms with Crippen molar-refractivity contribution in [1.29, 1.82) is 0 Å². The number of aromatic nitrogens is 3. The summed E-state index contributed by atoms with van der Waals surface area (Å²) in [5, 5.41) is 11.6. The Kier molecular flexibility index (Phi) is 6.60. The average molecular weight is 414 g/mol. The zero-order valence-electron chi connectivity index (χ0n) is 16.0. The summed E-state index contributed by atoms with van der Waals surface area (Å²) in [5.74, 6) is 0.989. The van der Waals surface area contributed by atoms with Crippen molar-refractivity contribution in [1.82, 2.24) is 19.7 Å². The molecule has 1 aliphatic rings. The van der Waals surface area contributed by atoms with E-state index in [0.29, 0.717) is 11.7 Å².